The number of tetrazole rings is 1. The Hall–Kier alpha value is -2.29. The summed E-state index contributed by atoms with van der Waals surface area (Å²) < 4.78 is 5.71. The number of esters is 1. The van der Waals surface area contributed by atoms with E-state index in [9.17, 15) is 4.79 Å². The molecule has 1 unspecified atom stereocenters. The number of anilines is 1. The molecule has 2 aromatic rings. The van der Waals surface area contributed by atoms with Gasteiger partial charge in [-0.05, 0) is 22.6 Å². The highest BCUT2D eigenvalue weighted by Crippen LogP contribution is 2.05. The van der Waals surface area contributed by atoms with Gasteiger partial charge in [0.25, 0.3) is 0 Å². The van der Waals surface area contributed by atoms with Gasteiger partial charge in [0, 0.05) is 0 Å². The molecule has 90 valence electrons. The standard InChI is InChI=1S/C8H10N6O3/c1-17-8(16)5(4-15)9-6-2-3-7-10-12-13-14(7)11-6/h2-3,5,15H,4H2,1H3,(H,9,11). The highest BCUT2D eigenvalue weighted by molar-refractivity contribution is 5.78. The van der Waals surface area contributed by atoms with Crippen LogP contribution < -0.4 is 5.32 Å². The number of aromatic nitrogens is 5. The molecule has 2 rings (SSSR count). The molecule has 0 aliphatic heterocycles. The van der Waals surface area contributed by atoms with Crippen LogP contribution in [-0.2, 0) is 9.53 Å². The predicted molar refractivity (Wildman–Crippen MR) is 55.1 cm³/mol. The van der Waals surface area contributed by atoms with Crippen LogP contribution in [0.3, 0.4) is 0 Å². The highest BCUT2D eigenvalue weighted by Gasteiger charge is 2.18. The van der Waals surface area contributed by atoms with E-state index >= 15 is 0 Å². The van der Waals surface area contributed by atoms with Crippen LogP contribution in [0.1, 0.15) is 0 Å². The first-order valence-corrected chi connectivity index (χ1v) is 4.75. The fourth-order valence-corrected chi connectivity index (χ4v) is 1.23. The maximum absolute atomic E-state index is 11.2. The molecule has 9 heteroatoms. The van der Waals surface area contributed by atoms with E-state index in [-0.39, 0.29) is 0 Å². The Bertz CT molecular complexity index is 527. The van der Waals surface area contributed by atoms with Crippen LogP contribution in [0.4, 0.5) is 5.82 Å². The summed E-state index contributed by atoms with van der Waals surface area (Å²) in [6, 6.07) is 2.35. The van der Waals surface area contributed by atoms with Crippen LogP contribution in [0.15, 0.2) is 12.1 Å². The molecule has 17 heavy (non-hydrogen) atoms. The molecule has 2 N–H and O–H groups in total. The van der Waals surface area contributed by atoms with Gasteiger partial charge in [0.05, 0.1) is 13.7 Å². The van der Waals surface area contributed by atoms with Gasteiger partial charge in [0.2, 0.25) is 0 Å². The van der Waals surface area contributed by atoms with Gasteiger partial charge < -0.3 is 15.2 Å². The van der Waals surface area contributed by atoms with Crippen LogP contribution in [0.2, 0.25) is 0 Å². The summed E-state index contributed by atoms with van der Waals surface area (Å²) in [4.78, 5) is 11.2. The van der Waals surface area contributed by atoms with Crippen molar-refractivity contribution >= 4 is 17.4 Å². The largest absolute Gasteiger partial charge is 0.467 e. The van der Waals surface area contributed by atoms with E-state index in [1.807, 2.05) is 0 Å². The summed E-state index contributed by atoms with van der Waals surface area (Å²) in [6.07, 6.45) is 0. The number of nitrogens with one attached hydrogen (secondary N) is 1. The Morgan fingerprint density at radius 2 is 2.47 bits per heavy atom. The van der Waals surface area contributed by atoms with E-state index in [1.54, 1.807) is 12.1 Å². The minimum absolute atomic E-state index is 0.356. The molecule has 2 aromatic heterocycles. The van der Waals surface area contributed by atoms with Crippen molar-refractivity contribution in [1.82, 2.24) is 25.3 Å². The van der Waals surface area contributed by atoms with E-state index < -0.39 is 18.6 Å². The van der Waals surface area contributed by atoms with Gasteiger partial charge in [0.15, 0.2) is 5.65 Å². The zero-order valence-corrected chi connectivity index (χ0v) is 8.94. The fourth-order valence-electron chi connectivity index (χ4n) is 1.23. The molecular weight excluding hydrogens is 228 g/mol. The van der Waals surface area contributed by atoms with Gasteiger partial charge >= 0.3 is 5.97 Å². The molecule has 0 aliphatic rings. The Labute approximate surface area is 95.4 Å². The summed E-state index contributed by atoms with van der Waals surface area (Å²) in [5.41, 5.74) is 0.481. The van der Waals surface area contributed by atoms with Crippen molar-refractivity contribution in [2.24, 2.45) is 0 Å². The molecule has 0 radical (unpaired) electrons. The Morgan fingerprint density at radius 1 is 1.65 bits per heavy atom. The van der Waals surface area contributed by atoms with Gasteiger partial charge in [-0.15, -0.1) is 14.8 Å². The SMILES string of the molecule is COC(=O)C(CO)Nc1ccc2nnnn2n1. The number of nitrogens with zero attached hydrogens (tertiary/aromatic N) is 5. The number of ether oxygens (including phenoxy) is 1. The van der Waals surface area contributed by atoms with Crippen molar-refractivity contribution in [2.75, 3.05) is 19.0 Å². The number of fused-ring (bicyclic) bond motifs is 1. The second kappa shape index (κ2) is 4.70. The van der Waals surface area contributed by atoms with Crippen LogP contribution in [-0.4, -0.2) is 56.1 Å². The second-order valence-electron chi connectivity index (χ2n) is 3.15. The second-order valence-corrected chi connectivity index (χ2v) is 3.15. The van der Waals surface area contributed by atoms with E-state index in [4.69, 9.17) is 5.11 Å². The Kier molecular flexibility index (Phi) is 3.10. The first-order valence-electron chi connectivity index (χ1n) is 4.75. The smallest absolute Gasteiger partial charge is 0.330 e. The molecule has 9 nitrogen and oxygen atoms in total. The van der Waals surface area contributed by atoms with Crippen molar-refractivity contribution in [3.63, 3.8) is 0 Å². The molecule has 0 aromatic carbocycles. The fraction of sp³-hybridized carbons (Fsp3) is 0.375. The lowest BCUT2D eigenvalue weighted by Crippen LogP contribution is -2.34. The number of methoxy groups -OCH3 is 1. The first-order chi connectivity index (χ1) is 8.24. The van der Waals surface area contributed by atoms with E-state index in [0.29, 0.717) is 11.5 Å². The highest BCUT2D eigenvalue weighted by atomic mass is 16.5. The van der Waals surface area contributed by atoms with Gasteiger partial charge in [-0.25, -0.2) is 4.79 Å². The van der Waals surface area contributed by atoms with Gasteiger partial charge in [-0.1, -0.05) is 0 Å². The third-order valence-electron chi connectivity index (χ3n) is 2.06. The zero-order chi connectivity index (χ0) is 12.3. The number of carbonyl (C=O) groups excluding carboxylic acids is 1. The van der Waals surface area contributed by atoms with Crippen molar-refractivity contribution in [1.29, 1.82) is 0 Å². The summed E-state index contributed by atoms with van der Waals surface area (Å²) in [6.45, 7) is -0.401. The predicted octanol–water partition coefficient (Wildman–Crippen LogP) is -1.53. The molecule has 0 spiro atoms. The number of aliphatic hydroxyl groups is 1. The maximum Gasteiger partial charge on any atom is 0.330 e. The lowest BCUT2D eigenvalue weighted by atomic mass is 10.3. The number of hydrogen-bond acceptors (Lipinski definition) is 8. The minimum Gasteiger partial charge on any atom is -0.467 e. The summed E-state index contributed by atoms with van der Waals surface area (Å²) in [5, 5.41) is 26.4. The molecule has 0 saturated heterocycles. The molecule has 0 amide bonds. The number of rotatable bonds is 4. The lowest BCUT2D eigenvalue weighted by molar-refractivity contribution is -0.142. The summed E-state index contributed by atoms with van der Waals surface area (Å²) >= 11 is 0. The number of aliphatic hydroxyl groups excluding tert-OH is 1. The topological polar surface area (TPSA) is 115 Å². The number of carbonyl (C=O) groups is 1. The zero-order valence-electron chi connectivity index (χ0n) is 8.94. The van der Waals surface area contributed by atoms with Crippen LogP contribution in [0, 0.1) is 0 Å². The normalized spacial score (nSPS) is 12.4. The average molecular weight is 238 g/mol. The van der Waals surface area contributed by atoms with Crippen molar-refractivity contribution < 1.29 is 14.6 Å². The molecule has 0 saturated carbocycles. The Morgan fingerprint density at radius 3 is 3.18 bits per heavy atom. The van der Waals surface area contributed by atoms with Gasteiger partial charge in [-0.2, -0.15) is 0 Å². The molecule has 1 atom stereocenters. The molecule has 0 fully saturated rings. The van der Waals surface area contributed by atoms with Gasteiger partial charge in [0.1, 0.15) is 11.9 Å². The van der Waals surface area contributed by atoms with Crippen molar-refractivity contribution in [2.45, 2.75) is 6.04 Å². The third kappa shape index (κ3) is 2.28. The first kappa shape index (κ1) is 11.2. The van der Waals surface area contributed by atoms with Gasteiger partial charge in [-0.3, -0.25) is 0 Å². The number of hydrogen-bond donors (Lipinski definition) is 2. The summed E-state index contributed by atoms with van der Waals surface area (Å²) in [5.74, 6) is -0.222. The van der Waals surface area contributed by atoms with E-state index in [0.717, 1.165) is 0 Å². The van der Waals surface area contributed by atoms with Crippen LogP contribution in [0.25, 0.3) is 5.65 Å². The summed E-state index contributed by atoms with van der Waals surface area (Å²) in [7, 11) is 1.24. The lowest BCUT2D eigenvalue weighted by Gasteiger charge is -2.13. The minimum atomic E-state index is -0.874. The molecule has 2 heterocycles. The van der Waals surface area contributed by atoms with Crippen LogP contribution >= 0.6 is 0 Å². The molecule has 0 aliphatic carbocycles. The van der Waals surface area contributed by atoms with Crippen molar-refractivity contribution in [3.05, 3.63) is 12.1 Å². The van der Waals surface area contributed by atoms with Crippen molar-refractivity contribution in [3.8, 4) is 0 Å². The quantitative estimate of drug-likeness (QED) is 0.616. The molecule has 0 bridgehead atoms. The third-order valence-corrected chi connectivity index (χ3v) is 2.06. The monoisotopic (exact) mass is 238 g/mol. The van der Waals surface area contributed by atoms with Crippen LogP contribution in [0.5, 0.6) is 0 Å². The van der Waals surface area contributed by atoms with E-state index in [2.05, 4.69) is 30.7 Å². The Balaban J connectivity index is 2.18. The van der Waals surface area contributed by atoms with E-state index in [1.165, 1.54) is 11.7 Å². The average Bonchev–Trinajstić information content (AvgIpc) is 2.82. The molecular formula is C8H10N6O3. The maximum atomic E-state index is 11.2.